The largest absolute Gasteiger partial charge is 0.497 e. The first kappa shape index (κ1) is 18.6. The van der Waals surface area contributed by atoms with Crippen molar-refractivity contribution >= 4 is 23.2 Å². The third kappa shape index (κ3) is 5.14. The fraction of sp³-hybridized carbons (Fsp3) is 0.368. The van der Waals surface area contributed by atoms with E-state index in [0.29, 0.717) is 11.3 Å². The Morgan fingerprint density at radius 3 is 2.38 bits per heavy atom. The number of hydrogen-bond acceptors (Lipinski definition) is 6. The molecule has 1 saturated heterocycles. The van der Waals surface area contributed by atoms with Crippen LogP contribution in [0, 0.1) is 0 Å². The van der Waals surface area contributed by atoms with Crippen LogP contribution in [0.4, 0.5) is 0 Å². The van der Waals surface area contributed by atoms with E-state index in [-0.39, 0.29) is 18.4 Å². The molecule has 0 saturated carbocycles. The third-order valence-electron chi connectivity index (χ3n) is 4.40. The van der Waals surface area contributed by atoms with Crippen LogP contribution in [0.25, 0.3) is 0 Å². The van der Waals surface area contributed by atoms with Gasteiger partial charge in [-0.1, -0.05) is 6.07 Å². The number of thiophene rings is 1. The van der Waals surface area contributed by atoms with E-state index in [1.165, 1.54) is 4.88 Å². The summed E-state index contributed by atoms with van der Waals surface area (Å²) in [6, 6.07) is 10.9. The zero-order chi connectivity index (χ0) is 18.4. The smallest absolute Gasteiger partial charge is 0.257 e. The number of carbonyl (C=O) groups excluding carboxylic acids is 2. The number of nitrogens with one attached hydrogen (secondary N) is 1. The van der Waals surface area contributed by atoms with Crippen LogP contribution in [-0.2, 0) is 11.3 Å². The van der Waals surface area contributed by atoms with E-state index in [2.05, 4.69) is 32.6 Å². The molecule has 1 N–H and O–H groups in total. The number of ether oxygens (including phenoxy) is 1. The van der Waals surface area contributed by atoms with Crippen molar-refractivity contribution < 1.29 is 14.3 Å². The van der Waals surface area contributed by atoms with Crippen molar-refractivity contribution in [2.24, 2.45) is 0 Å². The van der Waals surface area contributed by atoms with Crippen LogP contribution < -0.4 is 10.1 Å². The van der Waals surface area contributed by atoms with Crippen molar-refractivity contribution in [2.45, 2.75) is 6.54 Å². The molecule has 1 aromatic heterocycles. The summed E-state index contributed by atoms with van der Waals surface area (Å²) in [6.45, 7) is 4.72. The van der Waals surface area contributed by atoms with Crippen molar-refractivity contribution in [2.75, 3.05) is 39.8 Å². The van der Waals surface area contributed by atoms with Crippen molar-refractivity contribution in [3.63, 3.8) is 0 Å². The fourth-order valence-corrected chi connectivity index (χ4v) is 3.66. The molecule has 0 radical (unpaired) electrons. The number of rotatable bonds is 6. The molecular weight excluding hydrogens is 350 g/mol. The van der Waals surface area contributed by atoms with Gasteiger partial charge in [-0.2, -0.15) is 0 Å². The molecule has 0 atom stereocenters. The van der Waals surface area contributed by atoms with E-state index in [1.807, 2.05) is 0 Å². The summed E-state index contributed by atoms with van der Waals surface area (Å²) in [4.78, 5) is 30.1. The van der Waals surface area contributed by atoms with Gasteiger partial charge in [-0.3, -0.25) is 24.7 Å². The molecule has 2 amide bonds. The standard InChI is InChI=1S/C19H23N3O3S/c1-25-16-6-4-15(5-7-16)19(24)20-18(23)14-22-10-8-21(9-11-22)13-17-3-2-12-26-17/h2-7,12H,8-11,13-14H2,1H3,(H,20,23,24). The minimum atomic E-state index is -0.381. The van der Waals surface area contributed by atoms with E-state index < -0.39 is 0 Å². The maximum atomic E-state index is 12.1. The Hall–Kier alpha value is -2.22. The Morgan fingerprint density at radius 1 is 1.08 bits per heavy atom. The molecule has 1 aliphatic heterocycles. The van der Waals surface area contributed by atoms with Crippen LogP contribution in [0.3, 0.4) is 0 Å². The van der Waals surface area contributed by atoms with Gasteiger partial charge in [0.15, 0.2) is 0 Å². The highest BCUT2D eigenvalue weighted by Gasteiger charge is 2.20. The first-order valence-corrected chi connectivity index (χ1v) is 9.47. The van der Waals surface area contributed by atoms with Gasteiger partial charge in [0.1, 0.15) is 5.75 Å². The quantitative estimate of drug-likeness (QED) is 0.837. The van der Waals surface area contributed by atoms with Crippen LogP contribution in [0.15, 0.2) is 41.8 Å². The zero-order valence-corrected chi connectivity index (χ0v) is 15.6. The van der Waals surface area contributed by atoms with Gasteiger partial charge >= 0.3 is 0 Å². The molecule has 138 valence electrons. The monoisotopic (exact) mass is 373 g/mol. The van der Waals surface area contributed by atoms with Crippen molar-refractivity contribution in [3.05, 3.63) is 52.2 Å². The number of imide groups is 1. The Kier molecular flexibility index (Phi) is 6.38. The normalized spacial score (nSPS) is 15.6. The van der Waals surface area contributed by atoms with Crippen molar-refractivity contribution in [1.82, 2.24) is 15.1 Å². The molecule has 7 heteroatoms. The van der Waals surface area contributed by atoms with Gasteiger partial charge < -0.3 is 4.74 Å². The number of methoxy groups -OCH3 is 1. The van der Waals surface area contributed by atoms with Crippen LogP contribution in [0.5, 0.6) is 5.75 Å². The second-order valence-electron chi connectivity index (χ2n) is 6.24. The van der Waals surface area contributed by atoms with E-state index in [1.54, 1.807) is 42.7 Å². The molecule has 2 heterocycles. The highest BCUT2D eigenvalue weighted by molar-refractivity contribution is 7.09. The molecule has 26 heavy (non-hydrogen) atoms. The zero-order valence-electron chi connectivity index (χ0n) is 14.8. The number of carbonyl (C=O) groups is 2. The third-order valence-corrected chi connectivity index (χ3v) is 5.26. The van der Waals surface area contributed by atoms with E-state index in [9.17, 15) is 9.59 Å². The molecule has 1 aromatic carbocycles. The molecule has 0 aliphatic carbocycles. The molecule has 6 nitrogen and oxygen atoms in total. The number of amides is 2. The molecule has 1 fully saturated rings. The molecule has 2 aromatic rings. The lowest BCUT2D eigenvalue weighted by Gasteiger charge is -2.33. The number of nitrogens with zero attached hydrogens (tertiary/aromatic N) is 2. The lowest BCUT2D eigenvalue weighted by molar-refractivity contribution is -0.121. The summed E-state index contributed by atoms with van der Waals surface area (Å²) in [5.41, 5.74) is 0.444. The van der Waals surface area contributed by atoms with Crippen LogP contribution in [0.1, 0.15) is 15.2 Å². The average molecular weight is 373 g/mol. The first-order chi connectivity index (χ1) is 12.6. The first-order valence-electron chi connectivity index (χ1n) is 8.59. The number of benzene rings is 1. The summed E-state index contributed by atoms with van der Waals surface area (Å²) in [5.74, 6) is 0.0276. The predicted octanol–water partition coefficient (Wildman–Crippen LogP) is 1.83. The highest BCUT2D eigenvalue weighted by Crippen LogP contribution is 2.14. The molecule has 0 spiro atoms. The van der Waals surface area contributed by atoms with Gasteiger partial charge in [-0.25, -0.2) is 0 Å². The topological polar surface area (TPSA) is 61.9 Å². The highest BCUT2D eigenvalue weighted by atomic mass is 32.1. The molecule has 1 aliphatic rings. The lowest BCUT2D eigenvalue weighted by atomic mass is 10.2. The van der Waals surface area contributed by atoms with Gasteiger partial charge in [-0.15, -0.1) is 11.3 Å². The Labute approximate surface area is 157 Å². The molecule has 0 unspecified atom stereocenters. The second-order valence-corrected chi connectivity index (χ2v) is 7.27. The lowest BCUT2D eigenvalue weighted by Crippen LogP contribution is -2.49. The minimum Gasteiger partial charge on any atom is -0.497 e. The number of hydrogen-bond donors (Lipinski definition) is 1. The van der Waals surface area contributed by atoms with Gasteiger partial charge in [-0.05, 0) is 35.7 Å². The van der Waals surface area contributed by atoms with Crippen LogP contribution >= 0.6 is 11.3 Å². The fourth-order valence-electron chi connectivity index (χ4n) is 2.91. The van der Waals surface area contributed by atoms with Gasteiger partial charge in [0, 0.05) is 43.2 Å². The van der Waals surface area contributed by atoms with Crippen LogP contribution in [-0.4, -0.2) is 61.4 Å². The van der Waals surface area contributed by atoms with Gasteiger partial charge in [0.2, 0.25) is 5.91 Å². The SMILES string of the molecule is COc1ccc(C(=O)NC(=O)CN2CCN(Cc3cccs3)CC2)cc1. The Morgan fingerprint density at radius 2 is 1.77 bits per heavy atom. The van der Waals surface area contributed by atoms with E-state index >= 15 is 0 Å². The average Bonchev–Trinajstić information content (AvgIpc) is 3.16. The van der Waals surface area contributed by atoms with Crippen molar-refractivity contribution in [3.8, 4) is 5.75 Å². The maximum absolute atomic E-state index is 12.1. The Bertz CT molecular complexity index is 723. The molecule has 0 bridgehead atoms. The number of piperazine rings is 1. The van der Waals surface area contributed by atoms with Gasteiger partial charge in [0.05, 0.1) is 13.7 Å². The van der Waals surface area contributed by atoms with E-state index in [0.717, 1.165) is 32.7 Å². The summed E-state index contributed by atoms with van der Waals surface area (Å²) in [6.07, 6.45) is 0. The summed E-state index contributed by atoms with van der Waals surface area (Å²) < 4.78 is 5.06. The molecule has 3 rings (SSSR count). The van der Waals surface area contributed by atoms with Crippen molar-refractivity contribution in [1.29, 1.82) is 0 Å². The summed E-state index contributed by atoms with van der Waals surface area (Å²) in [7, 11) is 1.57. The predicted molar refractivity (Wildman–Crippen MR) is 102 cm³/mol. The minimum absolute atomic E-state index is 0.245. The summed E-state index contributed by atoms with van der Waals surface area (Å²) in [5, 5.41) is 4.55. The Balaban J connectivity index is 1.41. The van der Waals surface area contributed by atoms with Crippen LogP contribution in [0.2, 0.25) is 0 Å². The second kappa shape index (κ2) is 8.93. The maximum Gasteiger partial charge on any atom is 0.257 e. The van der Waals surface area contributed by atoms with Gasteiger partial charge in [0.25, 0.3) is 5.91 Å². The van der Waals surface area contributed by atoms with E-state index in [4.69, 9.17) is 4.74 Å². The molecular formula is C19H23N3O3S. The summed E-state index contributed by atoms with van der Waals surface area (Å²) >= 11 is 1.77.